The number of carbonyl (C=O) groups is 3. The maximum atomic E-state index is 12.6. The van der Waals surface area contributed by atoms with Gasteiger partial charge in [0.05, 0.1) is 19.8 Å². The number of rotatable bonds is 6. The van der Waals surface area contributed by atoms with E-state index in [0.717, 1.165) is 16.7 Å². The Morgan fingerprint density at radius 1 is 0.926 bits per heavy atom. The molecule has 0 fully saturated rings. The van der Waals surface area contributed by atoms with Crippen molar-refractivity contribution in [1.82, 2.24) is 5.32 Å². The molecule has 0 aliphatic rings. The van der Waals surface area contributed by atoms with Gasteiger partial charge < -0.3 is 14.8 Å². The second kappa shape index (κ2) is 8.98. The summed E-state index contributed by atoms with van der Waals surface area (Å²) in [5, 5.41) is 2.71. The molecule has 0 spiro atoms. The van der Waals surface area contributed by atoms with Gasteiger partial charge in [-0.25, -0.2) is 9.59 Å². The van der Waals surface area contributed by atoms with Crippen molar-refractivity contribution in [3.05, 3.63) is 70.3 Å². The first-order valence-electron chi connectivity index (χ1n) is 8.49. The van der Waals surface area contributed by atoms with Crippen LogP contribution in [0.1, 0.15) is 37.4 Å². The number of benzene rings is 2. The second-order valence-electron chi connectivity index (χ2n) is 6.20. The van der Waals surface area contributed by atoms with Gasteiger partial charge in [-0.1, -0.05) is 24.3 Å². The Kier molecular flexibility index (Phi) is 6.71. The van der Waals surface area contributed by atoms with Crippen LogP contribution in [0.2, 0.25) is 0 Å². The molecule has 0 unspecified atom stereocenters. The summed E-state index contributed by atoms with van der Waals surface area (Å²) in [5.41, 5.74) is 3.57. The molecule has 0 radical (unpaired) electrons. The van der Waals surface area contributed by atoms with Crippen molar-refractivity contribution in [3.8, 4) is 0 Å². The van der Waals surface area contributed by atoms with Crippen LogP contribution in [-0.4, -0.2) is 38.1 Å². The molecule has 2 aromatic carbocycles. The zero-order valence-corrected chi connectivity index (χ0v) is 15.9. The highest BCUT2D eigenvalue weighted by atomic mass is 16.5. The number of methoxy groups -OCH3 is 2. The molecule has 2 rings (SSSR count). The minimum Gasteiger partial charge on any atom is -0.467 e. The lowest BCUT2D eigenvalue weighted by atomic mass is 9.96. The first kappa shape index (κ1) is 20.2. The first-order chi connectivity index (χ1) is 12.9. The van der Waals surface area contributed by atoms with Crippen molar-refractivity contribution in [2.45, 2.75) is 26.3 Å². The van der Waals surface area contributed by atoms with Crippen LogP contribution < -0.4 is 5.32 Å². The predicted octanol–water partition coefficient (Wildman–Crippen LogP) is 2.60. The smallest absolute Gasteiger partial charge is 0.337 e. The molecule has 27 heavy (non-hydrogen) atoms. The fourth-order valence-electron chi connectivity index (χ4n) is 2.86. The highest BCUT2D eigenvalue weighted by Crippen LogP contribution is 2.16. The maximum absolute atomic E-state index is 12.6. The largest absolute Gasteiger partial charge is 0.467 e. The second-order valence-corrected chi connectivity index (χ2v) is 6.20. The number of aryl methyl sites for hydroxylation is 2. The minimum absolute atomic E-state index is 0.258. The van der Waals surface area contributed by atoms with Gasteiger partial charge in [0, 0.05) is 12.0 Å². The maximum Gasteiger partial charge on any atom is 0.337 e. The first-order valence-corrected chi connectivity index (χ1v) is 8.49. The van der Waals surface area contributed by atoms with Crippen LogP contribution in [0.3, 0.4) is 0 Å². The molecular weight excluding hydrogens is 346 g/mol. The Labute approximate surface area is 158 Å². The van der Waals surface area contributed by atoms with E-state index < -0.39 is 23.9 Å². The predicted molar refractivity (Wildman–Crippen MR) is 101 cm³/mol. The fourth-order valence-corrected chi connectivity index (χ4v) is 2.86. The Morgan fingerprint density at radius 2 is 1.52 bits per heavy atom. The molecule has 0 saturated heterocycles. The SMILES string of the molecule is COC(=O)c1cccc(C(=O)N[C@H](Cc2c(C)cccc2C)C(=O)OC)c1. The summed E-state index contributed by atoms with van der Waals surface area (Å²) in [6.45, 7) is 3.91. The van der Waals surface area contributed by atoms with E-state index in [9.17, 15) is 14.4 Å². The average Bonchev–Trinajstić information content (AvgIpc) is 2.68. The van der Waals surface area contributed by atoms with Gasteiger partial charge in [0.15, 0.2) is 0 Å². The molecule has 0 aromatic heterocycles. The van der Waals surface area contributed by atoms with Crippen LogP contribution in [-0.2, 0) is 20.7 Å². The number of esters is 2. The fraction of sp³-hybridized carbons (Fsp3) is 0.286. The number of nitrogens with one attached hydrogen (secondary N) is 1. The van der Waals surface area contributed by atoms with E-state index in [1.165, 1.54) is 20.3 Å². The summed E-state index contributed by atoms with van der Waals surface area (Å²) >= 11 is 0. The Morgan fingerprint density at radius 3 is 2.11 bits per heavy atom. The monoisotopic (exact) mass is 369 g/mol. The van der Waals surface area contributed by atoms with Crippen LogP contribution in [0.15, 0.2) is 42.5 Å². The van der Waals surface area contributed by atoms with Gasteiger partial charge in [0.25, 0.3) is 5.91 Å². The van der Waals surface area contributed by atoms with Crippen molar-refractivity contribution in [1.29, 1.82) is 0 Å². The number of hydrogen-bond acceptors (Lipinski definition) is 5. The van der Waals surface area contributed by atoms with Crippen molar-refractivity contribution in [2.24, 2.45) is 0 Å². The standard InChI is InChI=1S/C21H23NO5/c1-13-7-5-8-14(2)17(13)12-18(21(25)27-4)22-19(23)15-9-6-10-16(11-15)20(24)26-3/h5-11,18H,12H2,1-4H3,(H,22,23)/t18-/m1/s1. The molecule has 2 aromatic rings. The van der Waals surface area contributed by atoms with Crippen molar-refractivity contribution < 1.29 is 23.9 Å². The van der Waals surface area contributed by atoms with Crippen LogP contribution in [0.5, 0.6) is 0 Å². The molecule has 142 valence electrons. The highest BCUT2D eigenvalue weighted by Gasteiger charge is 2.24. The van der Waals surface area contributed by atoms with Crippen molar-refractivity contribution >= 4 is 17.8 Å². The van der Waals surface area contributed by atoms with E-state index >= 15 is 0 Å². The highest BCUT2D eigenvalue weighted by molar-refractivity contribution is 5.99. The van der Waals surface area contributed by atoms with Crippen LogP contribution >= 0.6 is 0 Å². The lowest BCUT2D eigenvalue weighted by Crippen LogP contribution is -2.43. The Balaban J connectivity index is 2.25. The number of hydrogen-bond donors (Lipinski definition) is 1. The normalized spacial score (nSPS) is 11.4. The van der Waals surface area contributed by atoms with Gasteiger partial charge in [0.1, 0.15) is 6.04 Å². The summed E-state index contributed by atoms with van der Waals surface area (Å²) in [6, 6.07) is 11.1. The van der Waals surface area contributed by atoms with E-state index in [-0.39, 0.29) is 11.1 Å². The van der Waals surface area contributed by atoms with Crippen molar-refractivity contribution in [2.75, 3.05) is 14.2 Å². The third-order valence-electron chi connectivity index (χ3n) is 4.39. The topological polar surface area (TPSA) is 81.7 Å². The number of carbonyl (C=O) groups excluding carboxylic acids is 3. The zero-order chi connectivity index (χ0) is 20.0. The molecule has 0 aliphatic carbocycles. The molecule has 6 nitrogen and oxygen atoms in total. The Bertz CT molecular complexity index is 839. The van der Waals surface area contributed by atoms with Gasteiger partial charge in [-0.05, 0) is 48.7 Å². The molecule has 1 N–H and O–H groups in total. The van der Waals surface area contributed by atoms with Gasteiger partial charge in [-0.2, -0.15) is 0 Å². The van der Waals surface area contributed by atoms with E-state index in [0.29, 0.717) is 6.42 Å². The third kappa shape index (κ3) is 4.94. The molecule has 0 aliphatic heterocycles. The van der Waals surface area contributed by atoms with Crippen LogP contribution in [0, 0.1) is 13.8 Å². The third-order valence-corrected chi connectivity index (χ3v) is 4.39. The van der Waals surface area contributed by atoms with Crippen LogP contribution in [0.25, 0.3) is 0 Å². The summed E-state index contributed by atoms with van der Waals surface area (Å²) in [4.78, 5) is 36.5. The summed E-state index contributed by atoms with van der Waals surface area (Å²) in [7, 11) is 2.55. The van der Waals surface area contributed by atoms with Gasteiger partial charge in [-0.3, -0.25) is 4.79 Å². The lowest BCUT2D eigenvalue weighted by molar-refractivity contribution is -0.142. The van der Waals surface area contributed by atoms with E-state index in [2.05, 4.69) is 10.1 Å². The van der Waals surface area contributed by atoms with E-state index in [1.54, 1.807) is 18.2 Å². The molecule has 1 atom stereocenters. The molecule has 6 heteroatoms. The average molecular weight is 369 g/mol. The zero-order valence-electron chi connectivity index (χ0n) is 15.9. The molecular formula is C21H23NO5. The quantitative estimate of drug-likeness (QED) is 0.792. The molecule has 0 saturated carbocycles. The van der Waals surface area contributed by atoms with E-state index in [4.69, 9.17) is 4.74 Å². The van der Waals surface area contributed by atoms with Crippen LogP contribution in [0.4, 0.5) is 0 Å². The number of ether oxygens (including phenoxy) is 2. The van der Waals surface area contributed by atoms with Gasteiger partial charge in [-0.15, -0.1) is 0 Å². The lowest BCUT2D eigenvalue weighted by Gasteiger charge is -2.19. The Hall–Kier alpha value is -3.15. The summed E-state index contributed by atoms with van der Waals surface area (Å²) in [5.74, 6) is -1.54. The van der Waals surface area contributed by atoms with Gasteiger partial charge >= 0.3 is 11.9 Å². The summed E-state index contributed by atoms with van der Waals surface area (Å²) < 4.78 is 9.52. The summed E-state index contributed by atoms with van der Waals surface area (Å²) in [6.07, 6.45) is 0.313. The van der Waals surface area contributed by atoms with Crippen molar-refractivity contribution in [3.63, 3.8) is 0 Å². The molecule has 0 bridgehead atoms. The molecule has 0 heterocycles. The van der Waals surface area contributed by atoms with Gasteiger partial charge in [0.2, 0.25) is 0 Å². The minimum atomic E-state index is -0.843. The number of amides is 1. The molecule has 1 amide bonds. The van der Waals surface area contributed by atoms with E-state index in [1.807, 2.05) is 32.0 Å².